The zero-order valence-corrected chi connectivity index (χ0v) is 17.4. The van der Waals surface area contributed by atoms with Crippen LogP contribution in [0.5, 0.6) is 11.5 Å². The molecule has 154 valence electrons. The Hall–Kier alpha value is -2.67. The van der Waals surface area contributed by atoms with E-state index in [0.717, 1.165) is 50.4 Å². The number of likely N-dealkylation sites (N-methyl/N-ethyl adjacent to an activating group) is 1. The number of hydrogen-bond acceptors (Lipinski definition) is 6. The van der Waals surface area contributed by atoms with Gasteiger partial charge in [0.25, 0.3) is 5.91 Å². The molecule has 0 saturated carbocycles. The van der Waals surface area contributed by atoms with Crippen LogP contribution in [0.3, 0.4) is 0 Å². The number of ether oxygens (including phenoxy) is 2. The summed E-state index contributed by atoms with van der Waals surface area (Å²) in [6, 6.07) is 5.41. The summed E-state index contributed by atoms with van der Waals surface area (Å²) in [6.45, 7) is 3.28. The molecule has 1 atom stereocenters. The molecule has 29 heavy (non-hydrogen) atoms. The zero-order valence-electron chi connectivity index (χ0n) is 17.4. The Morgan fingerprint density at radius 1 is 1.21 bits per heavy atom. The van der Waals surface area contributed by atoms with Gasteiger partial charge < -0.3 is 19.3 Å². The predicted octanol–water partition coefficient (Wildman–Crippen LogP) is 2.50. The highest BCUT2D eigenvalue weighted by molar-refractivity contribution is 5.98. The van der Waals surface area contributed by atoms with Gasteiger partial charge in [0.15, 0.2) is 11.5 Å². The summed E-state index contributed by atoms with van der Waals surface area (Å²) in [4.78, 5) is 26.9. The van der Waals surface area contributed by atoms with Gasteiger partial charge in [-0.1, -0.05) is 6.07 Å². The summed E-state index contributed by atoms with van der Waals surface area (Å²) in [7, 11) is 5.26. The van der Waals surface area contributed by atoms with E-state index in [4.69, 9.17) is 14.5 Å². The van der Waals surface area contributed by atoms with E-state index < -0.39 is 0 Å². The number of carbonyl (C=O) groups is 1. The van der Waals surface area contributed by atoms with Gasteiger partial charge in [-0.2, -0.15) is 0 Å². The molecule has 0 spiro atoms. The molecule has 7 nitrogen and oxygen atoms in total. The standard InChI is InChI=1S/C22H28N4O3/c1-25-11-9-18-16(13-25)12-23-21(24-18)15-6-5-10-26(14-15)22(27)17-7-4-8-19(28-2)20(17)29-3/h4,7-8,12,15H,5-6,9-11,13-14H2,1-3H3/t15-/m1/s1. The Morgan fingerprint density at radius 3 is 2.86 bits per heavy atom. The molecule has 1 fully saturated rings. The maximum atomic E-state index is 13.2. The Bertz CT molecular complexity index is 902. The van der Waals surface area contributed by atoms with E-state index in [1.54, 1.807) is 26.4 Å². The fraction of sp³-hybridized carbons (Fsp3) is 0.500. The Morgan fingerprint density at radius 2 is 2.07 bits per heavy atom. The van der Waals surface area contributed by atoms with E-state index in [-0.39, 0.29) is 11.8 Å². The Labute approximate surface area is 171 Å². The summed E-state index contributed by atoms with van der Waals surface area (Å²) < 4.78 is 10.8. The summed E-state index contributed by atoms with van der Waals surface area (Å²) in [5.74, 6) is 2.04. The molecular formula is C22H28N4O3. The Kier molecular flexibility index (Phi) is 5.67. The molecule has 4 rings (SSSR count). The molecule has 1 aromatic carbocycles. The number of aromatic nitrogens is 2. The van der Waals surface area contributed by atoms with Crippen molar-refractivity contribution in [3.05, 3.63) is 47.0 Å². The van der Waals surface area contributed by atoms with Gasteiger partial charge in [0.1, 0.15) is 5.82 Å². The third kappa shape index (κ3) is 3.92. The molecule has 3 heterocycles. The molecule has 2 aromatic rings. The van der Waals surface area contributed by atoms with E-state index in [9.17, 15) is 4.79 Å². The van der Waals surface area contributed by atoms with Crippen LogP contribution in [0.1, 0.15) is 46.2 Å². The number of hydrogen-bond donors (Lipinski definition) is 0. The SMILES string of the molecule is COc1cccc(C(=O)N2CCC[C@@H](c3ncc4c(n3)CCN(C)C4)C2)c1OC. The van der Waals surface area contributed by atoms with Gasteiger partial charge >= 0.3 is 0 Å². The summed E-state index contributed by atoms with van der Waals surface area (Å²) in [6.07, 6.45) is 4.86. The highest BCUT2D eigenvalue weighted by Gasteiger charge is 2.30. The largest absolute Gasteiger partial charge is 0.493 e. The van der Waals surface area contributed by atoms with Crippen molar-refractivity contribution in [2.75, 3.05) is 40.9 Å². The second-order valence-corrected chi connectivity index (χ2v) is 7.82. The van der Waals surface area contributed by atoms with Crippen LogP contribution in [-0.2, 0) is 13.0 Å². The molecule has 0 N–H and O–H groups in total. The van der Waals surface area contributed by atoms with E-state index in [0.29, 0.717) is 23.6 Å². The van der Waals surface area contributed by atoms with Gasteiger partial charge in [-0.05, 0) is 32.0 Å². The maximum Gasteiger partial charge on any atom is 0.257 e. The lowest BCUT2D eigenvalue weighted by molar-refractivity contribution is 0.0700. The van der Waals surface area contributed by atoms with Gasteiger partial charge in [0, 0.05) is 56.0 Å². The highest BCUT2D eigenvalue weighted by atomic mass is 16.5. The van der Waals surface area contributed by atoms with E-state index in [1.807, 2.05) is 17.2 Å². The molecule has 7 heteroatoms. The lowest BCUT2D eigenvalue weighted by Crippen LogP contribution is -2.40. The average Bonchev–Trinajstić information content (AvgIpc) is 2.77. The smallest absolute Gasteiger partial charge is 0.257 e. The molecule has 0 radical (unpaired) electrons. The summed E-state index contributed by atoms with van der Waals surface area (Å²) in [5.41, 5.74) is 2.90. The Balaban J connectivity index is 1.54. The fourth-order valence-electron chi connectivity index (χ4n) is 4.27. The fourth-order valence-corrected chi connectivity index (χ4v) is 4.27. The monoisotopic (exact) mass is 396 g/mol. The van der Waals surface area contributed by atoms with E-state index >= 15 is 0 Å². The minimum absolute atomic E-state index is 0.0370. The van der Waals surface area contributed by atoms with Crippen LogP contribution in [0.4, 0.5) is 0 Å². The lowest BCUT2D eigenvalue weighted by Gasteiger charge is -2.33. The average molecular weight is 396 g/mol. The summed E-state index contributed by atoms with van der Waals surface area (Å²) >= 11 is 0. The molecule has 2 aliphatic heterocycles. The first-order valence-corrected chi connectivity index (χ1v) is 10.1. The number of methoxy groups -OCH3 is 2. The number of piperidine rings is 1. The minimum Gasteiger partial charge on any atom is -0.493 e. The normalized spacial score (nSPS) is 19.6. The van der Waals surface area contributed by atoms with Crippen molar-refractivity contribution >= 4 is 5.91 Å². The molecule has 1 amide bonds. The van der Waals surface area contributed by atoms with Crippen LogP contribution in [0.25, 0.3) is 0 Å². The van der Waals surface area contributed by atoms with Crippen LogP contribution >= 0.6 is 0 Å². The minimum atomic E-state index is -0.0370. The van der Waals surface area contributed by atoms with Crippen LogP contribution < -0.4 is 9.47 Å². The van der Waals surface area contributed by atoms with Crippen LogP contribution in [0.15, 0.2) is 24.4 Å². The van der Waals surface area contributed by atoms with Crippen LogP contribution in [-0.4, -0.2) is 66.6 Å². The second-order valence-electron chi connectivity index (χ2n) is 7.82. The lowest BCUT2D eigenvalue weighted by atomic mass is 9.95. The number of nitrogens with zero attached hydrogens (tertiary/aromatic N) is 4. The third-order valence-corrected chi connectivity index (χ3v) is 5.85. The number of benzene rings is 1. The number of rotatable bonds is 4. The van der Waals surface area contributed by atoms with Crippen molar-refractivity contribution < 1.29 is 14.3 Å². The van der Waals surface area contributed by atoms with Gasteiger partial charge in [0.05, 0.1) is 19.8 Å². The third-order valence-electron chi connectivity index (χ3n) is 5.85. The number of amides is 1. The highest BCUT2D eigenvalue weighted by Crippen LogP contribution is 2.33. The molecule has 1 saturated heterocycles. The second kappa shape index (κ2) is 8.37. The van der Waals surface area contributed by atoms with Crippen LogP contribution in [0.2, 0.25) is 0 Å². The number of carbonyl (C=O) groups excluding carboxylic acids is 1. The van der Waals surface area contributed by atoms with Gasteiger partial charge in [-0.15, -0.1) is 0 Å². The van der Waals surface area contributed by atoms with Crippen molar-refractivity contribution in [3.63, 3.8) is 0 Å². The first-order chi connectivity index (χ1) is 14.1. The van der Waals surface area contributed by atoms with Crippen molar-refractivity contribution in [2.24, 2.45) is 0 Å². The van der Waals surface area contributed by atoms with Gasteiger partial charge in [0.2, 0.25) is 0 Å². The number of fused-ring (bicyclic) bond motifs is 1. The van der Waals surface area contributed by atoms with Gasteiger partial charge in [-0.3, -0.25) is 4.79 Å². The topological polar surface area (TPSA) is 67.8 Å². The summed E-state index contributed by atoms with van der Waals surface area (Å²) in [5, 5.41) is 0. The van der Waals surface area contributed by atoms with Crippen molar-refractivity contribution in [3.8, 4) is 11.5 Å². The zero-order chi connectivity index (χ0) is 20.4. The molecule has 0 bridgehead atoms. The van der Waals surface area contributed by atoms with Crippen molar-refractivity contribution in [2.45, 2.75) is 31.7 Å². The predicted molar refractivity (Wildman–Crippen MR) is 109 cm³/mol. The van der Waals surface area contributed by atoms with Gasteiger partial charge in [-0.25, -0.2) is 9.97 Å². The molecular weight excluding hydrogens is 368 g/mol. The number of likely N-dealkylation sites (tertiary alicyclic amines) is 1. The quantitative estimate of drug-likeness (QED) is 0.791. The van der Waals surface area contributed by atoms with Crippen molar-refractivity contribution in [1.82, 2.24) is 19.8 Å². The maximum absolute atomic E-state index is 13.2. The molecule has 1 aromatic heterocycles. The molecule has 0 aliphatic carbocycles. The van der Waals surface area contributed by atoms with E-state index in [1.165, 1.54) is 5.56 Å². The first kappa shape index (κ1) is 19.6. The molecule has 2 aliphatic rings. The van der Waals surface area contributed by atoms with E-state index in [2.05, 4.69) is 16.9 Å². The number of para-hydroxylation sites is 1. The first-order valence-electron chi connectivity index (χ1n) is 10.1. The molecule has 0 unspecified atom stereocenters. The van der Waals surface area contributed by atoms with Crippen LogP contribution in [0, 0.1) is 0 Å². The van der Waals surface area contributed by atoms with Crippen molar-refractivity contribution in [1.29, 1.82) is 0 Å².